The van der Waals surface area contributed by atoms with Gasteiger partial charge in [0.2, 0.25) is 5.75 Å². The van der Waals surface area contributed by atoms with Gasteiger partial charge in [0, 0.05) is 27.5 Å². The lowest BCUT2D eigenvalue weighted by Gasteiger charge is -2.10. The molecule has 0 spiro atoms. The summed E-state index contributed by atoms with van der Waals surface area (Å²) >= 11 is 0. The van der Waals surface area contributed by atoms with Gasteiger partial charge in [0.05, 0.1) is 20.8 Å². The molecule has 0 bridgehead atoms. The van der Waals surface area contributed by atoms with E-state index in [1.165, 1.54) is 7.11 Å². The van der Waals surface area contributed by atoms with E-state index in [4.69, 9.17) is 23.4 Å². The Balaban J connectivity index is 1.64. The molecule has 38 heavy (non-hydrogen) atoms. The standard InChI is InChI=1S/C31H30O7/c1-18(2)30(32)36-17-7-8-20-9-11-21(12-10-20)22-13-14-23-24-15-16-25(37-31(33)19(3)4)29(35-6)28(24)38-27(23)26(22)34-5/h9-16H,1,3,7-8,17H2,2,4-6H3. The Hall–Kier alpha value is -4.52. The second kappa shape index (κ2) is 11.3. The highest BCUT2D eigenvalue weighted by Crippen LogP contribution is 2.46. The predicted octanol–water partition coefficient (Wildman–Crippen LogP) is 6.80. The predicted molar refractivity (Wildman–Crippen MR) is 147 cm³/mol. The number of carbonyl (C=O) groups excluding carboxylic acids is 2. The summed E-state index contributed by atoms with van der Waals surface area (Å²) in [6, 6.07) is 15.6. The quantitative estimate of drug-likeness (QED) is 0.0995. The minimum Gasteiger partial charge on any atom is -0.492 e. The van der Waals surface area contributed by atoms with Crippen molar-refractivity contribution in [1.82, 2.24) is 0 Å². The van der Waals surface area contributed by atoms with Crippen molar-refractivity contribution in [3.05, 3.63) is 78.4 Å². The van der Waals surface area contributed by atoms with Crippen molar-refractivity contribution in [3.63, 3.8) is 0 Å². The van der Waals surface area contributed by atoms with Gasteiger partial charge >= 0.3 is 11.9 Å². The van der Waals surface area contributed by atoms with E-state index in [0.29, 0.717) is 34.8 Å². The molecule has 0 aliphatic carbocycles. The minimum atomic E-state index is -0.546. The first kappa shape index (κ1) is 26.5. The van der Waals surface area contributed by atoms with Gasteiger partial charge in [-0.05, 0) is 62.1 Å². The molecular weight excluding hydrogens is 484 g/mol. The fourth-order valence-electron chi connectivity index (χ4n) is 4.14. The average Bonchev–Trinajstić information content (AvgIpc) is 3.29. The number of esters is 2. The number of furan rings is 1. The summed E-state index contributed by atoms with van der Waals surface area (Å²) in [6.07, 6.45) is 1.50. The van der Waals surface area contributed by atoms with E-state index in [0.717, 1.165) is 40.3 Å². The number of benzene rings is 3. The van der Waals surface area contributed by atoms with Crippen LogP contribution in [0.1, 0.15) is 25.8 Å². The molecule has 0 radical (unpaired) electrons. The first-order valence-electron chi connectivity index (χ1n) is 12.1. The van der Waals surface area contributed by atoms with Crippen LogP contribution in [0, 0.1) is 0 Å². The SMILES string of the molecule is C=C(C)C(=O)OCCCc1ccc(-c2ccc3c(oc4c(OC)c(OC(=O)C(=C)C)ccc43)c2OC)cc1. The molecular formula is C31H30O7. The van der Waals surface area contributed by atoms with Gasteiger partial charge in [-0.25, -0.2) is 9.59 Å². The van der Waals surface area contributed by atoms with Crippen molar-refractivity contribution in [2.45, 2.75) is 26.7 Å². The molecule has 1 aromatic heterocycles. The smallest absolute Gasteiger partial charge is 0.338 e. The molecule has 3 aromatic carbocycles. The molecule has 0 unspecified atom stereocenters. The zero-order chi connectivity index (χ0) is 27.4. The Bertz CT molecular complexity index is 1540. The highest BCUT2D eigenvalue weighted by atomic mass is 16.6. The van der Waals surface area contributed by atoms with Crippen LogP contribution in [0.15, 0.2) is 77.3 Å². The summed E-state index contributed by atoms with van der Waals surface area (Å²) in [7, 11) is 3.10. The molecule has 196 valence electrons. The van der Waals surface area contributed by atoms with Crippen LogP contribution in [-0.4, -0.2) is 32.8 Å². The molecule has 0 aliphatic heterocycles. The Morgan fingerprint density at radius 1 is 0.789 bits per heavy atom. The Morgan fingerprint density at radius 2 is 1.39 bits per heavy atom. The number of hydrogen-bond donors (Lipinski definition) is 0. The summed E-state index contributed by atoms with van der Waals surface area (Å²) in [5.41, 5.74) is 4.65. The topological polar surface area (TPSA) is 84.2 Å². The molecule has 0 amide bonds. The van der Waals surface area contributed by atoms with Gasteiger partial charge in [-0.1, -0.05) is 37.4 Å². The minimum absolute atomic E-state index is 0.247. The molecule has 0 atom stereocenters. The van der Waals surface area contributed by atoms with Gasteiger partial charge in [0.1, 0.15) is 0 Å². The maximum absolute atomic E-state index is 12.1. The van der Waals surface area contributed by atoms with Crippen LogP contribution in [0.4, 0.5) is 0 Å². The maximum Gasteiger partial charge on any atom is 0.338 e. The van der Waals surface area contributed by atoms with E-state index in [-0.39, 0.29) is 17.3 Å². The van der Waals surface area contributed by atoms with Gasteiger partial charge in [-0.15, -0.1) is 0 Å². The third-order valence-electron chi connectivity index (χ3n) is 6.10. The lowest BCUT2D eigenvalue weighted by atomic mass is 9.99. The molecule has 7 nitrogen and oxygen atoms in total. The van der Waals surface area contributed by atoms with Gasteiger partial charge in [0.15, 0.2) is 22.7 Å². The van der Waals surface area contributed by atoms with Crippen molar-refractivity contribution < 1.29 is 33.0 Å². The van der Waals surface area contributed by atoms with E-state index in [9.17, 15) is 9.59 Å². The van der Waals surface area contributed by atoms with E-state index in [2.05, 4.69) is 13.2 Å². The van der Waals surface area contributed by atoms with Crippen LogP contribution in [-0.2, 0) is 20.7 Å². The molecule has 7 heteroatoms. The second-order valence-corrected chi connectivity index (χ2v) is 8.99. The second-order valence-electron chi connectivity index (χ2n) is 8.99. The third kappa shape index (κ3) is 5.27. The summed E-state index contributed by atoms with van der Waals surface area (Å²) in [5.74, 6) is 0.234. The Labute approximate surface area is 221 Å². The van der Waals surface area contributed by atoms with Crippen molar-refractivity contribution in [2.24, 2.45) is 0 Å². The van der Waals surface area contributed by atoms with Gasteiger partial charge < -0.3 is 23.4 Å². The van der Waals surface area contributed by atoms with Crippen molar-refractivity contribution in [3.8, 4) is 28.4 Å². The van der Waals surface area contributed by atoms with E-state index >= 15 is 0 Å². The van der Waals surface area contributed by atoms with Gasteiger partial charge in [-0.3, -0.25) is 0 Å². The number of fused-ring (bicyclic) bond motifs is 3. The average molecular weight is 515 g/mol. The van der Waals surface area contributed by atoms with Crippen LogP contribution in [0.5, 0.6) is 17.2 Å². The Morgan fingerprint density at radius 3 is 2.00 bits per heavy atom. The number of rotatable bonds is 10. The van der Waals surface area contributed by atoms with Crippen LogP contribution in [0.25, 0.3) is 33.1 Å². The van der Waals surface area contributed by atoms with E-state index in [1.807, 2.05) is 42.5 Å². The van der Waals surface area contributed by atoms with Crippen molar-refractivity contribution >= 4 is 33.9 Å². The number of carbonyl (C=O) groups is 2. The third-order valence-corrected chi connectivity index (χ3v) is 6.10. The first-order chi connectivity index (χ1) is 18.2. The summed E-state index contributed by atoms with van der Waals surface area (Å²) in [4.78, 5) is 23.6. The number of methoxy groups -OCH3 is 2. The molecule has 0 aliphatic rings. The molecule has 4 aromatic rings. The Kier molecular flexibility index (Phi) is 7.86. The normalized spacial score (nSPS) is 10.8. The van der Waals surface area contributed by atoms with Gasteiger partial charge in [0.25, 0.3) is 0 Å². The monoisotopic (exact) mass is 514 g/mol. The maximum atomic E-state index is 12.1. The van der Waals surface area contributed by atoms with Crippen LogP contribution in [0.2, 0.25) is 0 Å². The number of hydrogen-bond acceptors (Lipinski definition) is 7. The van der Waals surface area contributed by atoms with E-state index in [1.54, 1.807) is 27.0 Å². The van der Waals surface area contributed by atoms with E-state index < -0.39 is 5.97 Å². The molecule has 1 heterocycles. The van der Waals surface area contributed by atoms with Crippen LogP contribution < -0.4 is 14.2 Å². The molecule has 0 N–H and O–H groups in total. The number of ether oxygens (including phenoxy) is 4. The lowest BCUT2D eigenvalue weighted by Crippen LogP contribution is -2.09. The zero-order valence-electron chi connectivity index (χ0n) is 22.0. The molecule has 0 fully saturated rings. The molecule has 4 rings (SSSR count). The highest BCUT2D eigenvalue weighted by molar-refractivity contribution is 6.11. The first-order valence-corrected chi connectivity index (χ1v) is 12.1. The summed E-state index contributed by atoms with van der Waals surface area (Å²) in [6.45, 7) is 10.8. The van der Waals surface area contributed by atoms with Crippen LogP contribution in [0.3, 0.4) is 0 Å². The fraction of sp³-hybridized carbons (Fsp3) is 0.226. The zero-order valence-corrected chi connectivity index (χ0v) is 22.0. The fourth-order valence-corrected chi connectivity index (χ4v) is 4.14. The number of aryl methyl sites for hydroxylation is 1. The molecule has 0 saturated carbocycles. The van der Waals surface area contributed by atoms with Crippen molar-refractivity contribution in [2.75, 3.05) is 20.8 Å². The molecule has 0 saturated heterocycles. The largest absolute Gasteiger partial charge is 0.492 e. The lowest BCUT2D eigenvalue weighted by molar-refractivity contribution is -0.139. The van der Waals surface area contributed by atoms with Crippen LogP contribution >= 0.6 is 0 Å². The highest BCUT2D eigenvalue weighted by Gasteiger charge is 2.22. The van der Waals surface area contributed by atoms with Crippen molar-refractivity contribution in [1.29, 1.82) is 0 Å². The van der Waals surface area contributed by atoms with Gasteiger partial charge in [-0.2, -0.15) is 0 Å². The summed E-state index contributed by atoms with van der Waals surface area (Å²) < 4.78 is 28.2. The summed E-state index contributed by atoms with van der Waals surface area (Å²) in [5, 5.41) is 1.65.